The van der Waals surface area contributed by atoms with E-state index in [1.807, 2.05) is 18.4 Å². The zero-order chi connectivity index (χ0) is 24.7. The number of carbonyl (C=O) groups excluding carboxylic acids is 1. The van der Waals surface area contributed by atoms with Gasteiger partial charge in [-0.1, -0.05) is 26.0 Å². The number of rotatable bonds is 11. The summed E-state index contributed by atoms with van der Waals surface area (Å²) in [5, 5.41) is 2.74. The molecule has 0 saturated carbocycles. The minimum absolute atomic E-state index is 0.0331. The Hall–Kier alpha value is -3.12. The number of aryl methyl sites for hydroxylation is 1. The van der Waals surface area contributed by atoms with E-state index in [4.69, 9.17) is 22.1 Å². The Bertz CT molecular complexity index is 1230. The lowest BCUT2D eigenvalue weighted by atomic mass is 10.2. The number of amides is 1. The maximum atomic E-state index is 12.0. The Morgan fingerprint density at radius 1 is 1.21 bits per heavy atom. The SMILES string of the molecule is CC(C)CS(=O)(=O)Nc1ccc(CNC(=O)OCCCCn2cnc3c(N)nc(Cl)nc32)cc1. The van der Waals surface area contributed by atoms with Crippen molar-refractivity contribution in [3.05, 3.63) is 41.4 Å². The molecule has 0 aliphatic heterocycles. The fraction of sp³-hybridized carbons (Fsp3) is 0.429. The Labute approximate surface area is 203 Å². The predicted molar refractivity (Wildman–Crippen MR) is 131 cm³/mol. The van der Waals surface area contributed by atoms with Crippen molar-refractivity contribution in [3.63, 3.8) is 0 Å². The van der Waals surface area contributed by atoms with Crippen LogP contribution in [0.3, 0.4) is 0 Å². The summed E-state index contributed by atoms with van der Waals surface area (Å²) in [7, 11) is -3.38. The van der Waals surface area contributed by atoms with Crippen LogP contribution in [0, 0.1) is 5.92 Å². The van der Waals surface area contributed by atoms with Crippen LogP contribution in [0.25, 0.3) is 11.2 Å². The molecule has 184 valence electrons. The van der Waals surface area contributed by atoms with Crippen LogP contribution in [0.1, 0.15) is 32.3 Å². The van der Waals surface area contributed by atoms with Crippen molar-refractivity contribution in [1.29, 1.82) is 0 Å². The largest absolute Gasteiger partial charge is 0.450 e. The number of sulfonamides is 1. The van der Waals surface area contributed by atoms with Crippen molar-refractivity contribution in [3.8, 4) is 0 Å². The number of imidazole rings is 1. The Morgan fingerprint density at radius 2 is 1.94 bits per heavy atom. The number of hydrogen-bond acceptors (Lipinski definition) is 8. The molecule has 3 rings (SSSR count). The standard InChI is InChI=1S/C21H28ClN7O4S/c1-14(2)12-34(31,32)28-16-7-5-15(6-8-16)11-24-21(30)33-10-4-3-9-29-13-25-17-18(23)26-20(22)27-19(17)29/h5-8,13-14,28H,3-4,9-12H2,1-2H3,(H,24,30)(H2,23,26,27). The first-order valence-corrected chi connectivity index (χ1v) is 12.8. The summed E-state index contributed by atoms with van der Waals surface area (Å²) in [6.07, 6.45) is 2.48. The summed E-state index contributed by atoms with van der Waals surface area (Å²) in [6.45, 7) is 4.82. The molecule has 11 nitrogen and oxygen atoms in total. The molecule has 34 heavy (non-hydrogen) atoms. The predicted octanol–water partition coefficient (Wildman–Crippen LogP) is 3.17. The third-order valence-electron chi connectivity index (χ3n) is 4.71. The second-order valence-electron chi connectivity index (χ2n) is 8.16. The molecule has 13 heteroatoms. The smallest absolute Gasteiger partial charge is 0.407 e. The number of benzene rings is 1. The molecule has 0 aliphatic carbocycles. The molecule has 1 amide bonds. The molecule has 0 atom stereocenters. The third-order valence-corrected chi connectivity index (χ3v) is 6.53. The topological polar surface area (TPSA) is 154 Å². The van der Waals surface area contributed by atoms with Gasteiger partial charge in [0, 0.05) is 18.8 Å². The van der Waals surface area contributed by atoms with Gasteiger partial charge in [0.1, 0.15) is 5.52 Å². The van der Waals surface area contributed by atoms with Gasteiger partial charge in [-0.25, -0.2) is 18.2 Å². The highest BCUT2D eigenvalue weighted by Gasteiger charge is 2.13. The van der Waals surface area contributed by atoms with Crippen molar-refractivity contribution in [2.45, 2.75) is 39.8 Å². The summed E-state index contributed by atoms with van der Waals surface area (Å²) in [5.74, 6) is 0.319. The summed E-state index contributed by atoms with van der Waals surface area (Å²) in [5.41, 5.74) is 8.16. The van der Waals surface area contributed by atoms with E-state index in [2.05, 4.69) is 25.0 Å². The van der Waals surface area contributed by atoms with Gasteiger partial charge in [-0.3, -0.25) is 4.72 Å². The number of aromatic nitrogens is 4. The first kappa shape index (κ1) is 25.5. The molecule has 0 radical (unpaired) electrons. The van der Waals surface area contributed by atoms with Crippen LogP contribution in [0.5, 0.6) is 0 Å². The summed E-state index contributed by atoms with van der Waals surface area (Å²) in [4.78, 5) is 24.2. The first-order valence-electron chi connectivity index (χ1n) is 10.8. The number of ether oxygens (including phenoxy) is 1. The normalized spacial score (nSPS) is 11.6. The maximum Gasteiger partial charge on any atom is 0.407 e. The highest BCUT2D eigenvalue weighted by Crippen LogP contribution is 2.18. The van der Waals surface area contributed by atoms with Gasteiger partial charge in [-0.15, -0.1) is 0 Å². The van der Waals surface area contributed by atoms with Crippen LogP contribution in [0.2, 0.25) is 5.28 Å². The Morgan fingerprint density at radius 3 is 2.65 bits per heavy atom. The van der Waals surface area contributed by atoms with E-state index in [9.17, 15) is 13.2 Å². The van der Waals surface area contributed by atoms with Gasteiger partial charge in [0.2, 0.25) is 15.3 Å². The van der Waals surface area contributed by atoms with E-state index < -0.39 is 16.1 Å². The molecular formula is C21H28ClN7O4S. The Balaban J connectivity index is 1.36. The maximum absolute atomic E-state index is 12.0. The average Bonchev–Trinajstić information content (AvgIpc) is 3.15. The molecule has 0 spiro atoms. The van der Waals surface area contributed by atoms with Crippen LogP contribution in [0.4, 0.5) is 16.3 Å². The van der Waals surface area contributed by atoms with Crippen molar-refractivity contribution in [2.75, 3.05) is 22.8 Å². The van der Waals surface area contributed by atoms with E-state index >= 15 is 0 Å². The van der Waals surface area contributed by atoms with Gasteiger partial charge in [0.05, 0.1) is 18.7 Å². The number of unbranched alkanes of at least 4 members (excludes halogenated alkanes) is 1. The minimum Gasteiger partial charge on any atom is -0.450 e. The number of alkyl carbamates (subject to hydrolysis) is 1. The minimum atomic E-state index is -3.38. The van der Waals surface area contributed by atoms with Crippen LogP contribution in [0.15, 0.2) is 30.6 Å². The van der Waals surface area contributed by atoms with Gasteiger partial charge in [-0.2, -0.15) is 9.97 Å². The van der Waals surface area contributed by atoms with E-state index in [1.165, 1.54) is 0 Å². The van der Waals surface area contributed by atoms with E-state index in [0.717, 1.165) is 12.0 Å². The number of nitrogens with one attached hydrogen (secondary N) is 2. The van der Waals surface area contributed by atoms with Crippen molar-refractivity contribution in [2.24, 2.45) is 5.92 Å². The third kappa shape index (κ3) is 7.45. The van der Waals surface area contributed by atoms with Gasteiger partial charge < -0.3 is 20.4 Å². The first-order chi connectivity index (χ1) is 16.1. The lowest BCUT2D eigenvalue weighted by Gasteiger charge is -2.11. The highest BCUT2D eigenvalue weighted by atomic mass is 35.5. The van der Waals surface area contributed by atoms with Crippen LogP contribution in [-0.2, 0) is 27.8 Å². The molecule has 0 saturated heterocycles. The second-order valence-corrected chi connectivity index (χ2v) is 10.3. The fourth-order valence-electron chi connectivity index (χ4n) is 3.23. The Kier molecular flexibility index (Phi) is 8.51. The lowest BCUT2D eigenvalue weighted by molar-refractivity contribution is 0.143. The summed E-state index contributed by atoms with van der Waals surface area (Å²) >= 11 is 5.86. The zero-order valence-electron chi connectivity index (χ0n) is 19.0. The summed E-state index contributed by atoms with van der Waals surface area (Å²) in [6, 6.07) is 6.80. The number of fused-ring (bicyclic) bond motifs is 1. The van der Waals surface area contributed by atoms with Crippen molar-refractivity contribution < 1.29 is 17.9 Å². The monoisotopic (exact) mass is 509 g/mol. The molecule has 0 unspecified atom stereocenters. The van der Waals surface area contributed by atoms with E-state index in [1.54, 1.807) is 30.6 Å². The zero-order valence-corrected chi connectivity index (χ0v) is 20.6. The van der Waals surface area contributed by atoms with Gasteiger partial charge >= 0.3 is 6.09 Å². The number of halogens is 1. The number of nitrogen functional groups attached to an aromatic ring is 1. The average molecular weight is 510 g/mol. The van der Waals surface area contributed by atoms with Crippen LogP contribution < -0.4 is 15.8 Å². The molecule has 0 aliphatic rings. The van der Waals surface area contributed by atoms with Crippen molar-refractivity contribution >= 4 is 50.4 Å². The van der Waals surface area contributed by atoms with Crippen molar-refractivity contribution in [1.82, 2.24) is 24.8 Å². The number of carbonyl (C=O) groups is 1. The van der Waals surface area contributed by atoms with E-state index in [-0.39, 0.29) is 35.9 Å². The number of nitrogens with two attached hydrogens (primary N) is 1. The quantitative estimate of drug-likeness (QED) is 0.263. The molecule has 4 N–H and O–H groups in total. The van der Waals surface area contributed by atoms with Gasteiger partial charge in [0.25, 0.3) is 0 Å². The number of anilines is 2. The molecule has 0 fully saturated rings. The van der Waals surface area contributed by atoms with Gasteiger partial charge in [0.15, 0.2) is 11.5 Å². The summed E-state index contributed by atoms with van der Waals surface area (Å²) < 4.78 is 33.6. The highest BCUT2D eigenvalue weighted by molar-refractivity contribution is 7.92. The molecular weight excluding hydrogens is 482 g/mol. The lowest BCUT2D eigenvalue weighted by Crippen LogP contribution is -2.24. The number of hydrogen-bond donors (Lipinski definition) is 3. The molecule has 2 aromatic heterocycles. The number of nitrogens with zero attached hydrogens (tertiary/aromatic N) is 4. The molecule has 3 aromatic rings. The van der Waals surface area contributed by atoms with Crippen LogP contribution in [-0.4, -0.2) is 46.4 Å². The second kappa shape index (κ2) is 11.3. The molecule has 2 heterocycles. The van der Waals surface area contributed by atoms with Gasteiger partial charge in [-0.05, 0) is 48.1 Å². The fourth-order valence-corrected chi connectivity index (χ4v) is 4.85. The van der Waals surface area contributed by atoms with Crippen LogP contribution >= 0.6 is 11.6 Å². The van der Waals surface area contributed by atoms with E-state index in [0.29, 0.717) is 29.8 Å². The molecule has 0 bridgehead atoms. The molecule has 1 aromatic carbocycles.